The largest absolute Gasteiger partial charge is 0.385 e. The van der Waals surface area contributed by atoms with Crippen LogP contribution in [0, 0.1) is 5.92 Å². The number of hydrogen-bond donors (Lipinski definition) is 1. The van der Waals surface area contributed by atoms with Crippen molar-refractivity contribution in [3.8, 4) is 0 Å². The lowest BCUT2D eigenvalue weighted by molar-refractivity contribution is 0.519. The van der Waals surface area contributed by atoms with Crippen molar-refractivity contribution < 1.29 is 0 Å². The first-order chi connectivity index (χ1) is 7.30. The van der Waals surface area contributed by atoms with Crippen molar-refractivity contribution in [2.75, 3.05) is 18.1 Å². The van der Waals surface area contributed by atoms with Gasteiger partial charge in [0.2, 0.25) is 0 Å². The third-order valence-corrected chi connectivity index (χ3v) is 3.58. The minimum Gasteiger partial charge on any atom is -0.385 e. The van der Waals surface area contributed by atoms with Gasteiger partial charge in [-0.25, -0.2) is 0 Å². The number of hydrogen-bond acceptors (Lipinski definition) is 2. The molecule has 0 bridgehead atoms. The molecule has 0 amide bonds. The van der Waals surface area contributed by atoms with Crippen molar-refractivity contribution in [1.82, 2.24) is 0 Å². The maximum absolute atomic E-state index is 3.49. The number of anilines is 1. The molecule has 0 atom stereocenters. The second kappa shape index (κ2) is 6.78. The Kier molecular flexibility index (Phi) is 5.62. The van der Waals surface area contributed by atoms with E-state index in [2.05, 4.69) is 49.7 Å². The Morgan fingerprint density at radius 1 is 1.13 bits per heavy atom. The van der Waals surface area contributed by atoms with Gasteiger partial charge >= 0.3 is 0 Å². The normalized spacial score (nSPS) is 10.7. The summed E-state index contributed by atoms with van der Waals surface area (Å²) in [4.78, 5) is 1.32. The van der Waals surface area contributed by atoms with E-state index >= 15 is 0 Å². The maximum atomic E-state index is 3.49. The molecule has 1 N–H and O–H groups in total. The molecule has 0 aromatic heterocycles. The first-order valence-corrected chi connectivity index (χ1v) is 6.90. The molecule has 1 aromatic rings. The zero-order chi connectivity index (χ0) is 11.1. The van der Waals surface area contributed by atoms with Gasteiger partial charge in [0, 0.05) is 17.1 Å². The summed E-state index contributed by atoms with van der Waals surface area (Å²) in [5, 5.41) is 3.49. The topological polar surface area (TPSA) is 12.0 Å². The van der Waals surface area contributed by atoms with Gasteiger partial charge in [0.1, 0.15) is 0 Å². The molecular weight excluding hydrogens is 202 g/mol. The number of rotatable bonds is 6. The molecule has 84 valence electrons. The summed E-state index contributed by atoms with van der Waals surface area (Å²) in [6.07, 6.45) is 4.62. The molecule has 0 aliphatic rings. The highest BCUT2D eigenvalue weighted by atomic mass is 32.2. The fraction of sp³-hybridized carbons (Fsp3) is 0.538. The zero-order valence-corrected chi connectivity index (χ0v) is 10.7. The van der Waals surface area contributed by atoms with Crippen LogP contribution in [0.3, 0.4) is 0 Å². The molecule has 2 heteroatoms. The average molecular weight is 223 g/mol. The molecule has 0 radical (unpaired) electrons. The number of nitrogens with one attached hydrogen (secondary N) is 1. The molecule has 0 aliphatic carbocycles. The molecule has 0 saturated carbocycles. The first kappa shape index (κ1) is 12.4. The lowest BCUT2D eigenvalue weighted by atomic mass is 10.0. The van der Waals surface area contributed by atoms with Gasteiger partial charge in [-0.2, -0.15) is 0 Å². The highest BCUT2D eigenvalue weighted by molar-refractivity contribution is 7.98. The van der Waals surface area contributed by atoms with Crippen molar-refractivity contribution >= 4 is 17.4 Å². The Bertz CT molecular complexity index is 264. The van der Waals surface area contributed by atoms with E-state index < -0.39 is 0 Å². The quantitative estimate of drug-likeness (QED) is 0.723. The Hall–Kier alpha value is -0.630. The van der Waals surface area contributed by atoms with Gasteiger partial charge < -0.3 is 5.32 Å². The summed E-state index contributed by atoms with van der Waals surface area (Å²) in [5.74, 6) is 0.797. The van der Waals surface area contributed by atoms with Crippen molar-refractivity contribution in [3.63, 3.8) is 0 Å². The second-order valence-electron chi connectivity index (χ2n) is 3.79. The lowest BCUT2D eigenvalue weighted by Crippen LogP contribution is -2.12. The van der Waals surface area contributed by atoms with Gasteiger partial charge in [0.05, 0.1) is 0 Å². The van der Waals surface area contributed by atoms with Crippen LogP contribution in [-0.2, 0) is 0 Å². The van der Waals surface area contributed by atoms with Crippen molar-refractivity contribution in [2.45, 2.75) is 31.6 Å². The zero-order valence-electron chi connectivity index (χ0n) is 9.92. The van der Waals surface area contributed by atoms with Gasteiger partial charge in [0.25, 0.3) is 0 Å². The standard InChI is InChI=1S/C13H21NS/c1-4-11(5-2)10-14-12-6-8-13(15-3)9-7-12/h6-9,11,14H,4-5,10H2,1-3H3. The summed E-state index contributed by atoms with van der Waals surface area (Å²) in [5.41, 5.74) is 1.24. The Balaban J connectivity index is 2.43. The van der Waals surface area contributed by atoms with Gasteiger partial charge in [-0.15, -0.1) is 11.8 Å². The molecule has 0 fully saturated rings. The molecule has 1 rings (SSSR count). The van der Waals surface area contributed by atoms with Crippen LogP contribution in [0.1, 0.15) is 26.7 Å². The van der Waals surface area contributed by atoms with Crippen molar-refractivity contribution in [3.05, 3.63) is 24.3 Å². The Labute approximate surface area is 97.7 Å². The van der Waals surface area contributed by atoms with E-state index in [1.165, 1.54) is 23.4 Å². The van der Waals surface area contributed by atoms with E-state index in [4.69, 9.17) is 0 Å². The van der Waals surface area contributed by atoms with Crippen LogP contribution in [-0.4, -0.2) is 12.8 Å². The summed E-state index contributed by atoms with van der Waals surface area (Å²) in [7, 11) is 0. The molecule has 0 heterocycles. The van der Waals surface area contributed by atoms with Crippen LogP contribution in [0.5, 0.6) is 0 Å². The van der Waals surface area contributed by atoms with Gasteiger partial charge in [-0.05, 0) is 36.4 Å². The average Bonchev–Trinajstić information content (AvgIpc) is 2.31. The van der Waals surface area contributed by atoms with Crippen LogP contribution in [0.15, 0.2) is 29.2 Å². The fourth-order valence-corrected chi connectivity index (χ4v) is 1.96. The highest BCUT2D eigenvalue weighted by Crippen LogP contribution is 2.18. The Morgan fingerprint density at radius 3 is 2.20 bits per heavy atom. The van der Waals surface area contributed by atoms with Crippen LogP contribution < -0.4 is 5.32 Å². The SMILES string of the molecule is CCC(CC)CNc1ccc(SC)cc1. The summed E-state index contributed by atoms with van der Waals surface area (Å²) >= 11 is 1.78. The van der Waals surface area contributed by atoms with Crippen LogP contribution >= 0.6 is 11.8 Å². The van der Waals surface area contributed by atoms with E-state index in [1.54, 1.807) is 11.8 Å². The molecule has 15 heavy (non-hydrogen) atoms. The molecule has 0 aliphatic heterocycles. The van der Waals surface area contributed by atoms with Crippen LogP contribution in [0.25, 0.3) is 0 Å². The van der Waals surface area contributed by atoms with Gasteiger partial charge in [-0.3, -0.25) is 0 Å². The summed E-state index contributed by atoms with van der Waals surface area (Å²) < 4.78 is 0. The monoisotopic (exact) mass is 223 g/mol. The minimum absolute atomic E-state index is 0.797. The highest BCUT2D eigenvalue weighted by Gasteiger charge is 2.02. The first-order valence-electron chi connectivity index (χ1n) is 5.68. The minimum atomic E-state index is 0.797. The van der Waals surface area contributed by atoms with E-state index in [-0.39, 0.29) is 0 Å². The molecule has 1 aromatic carbocycles. The second-order valence-corrected chi connectivity index (χ2v) is 4.67. The summed E-state index contributed by atoms with van der Waals surface area (Å²) in [6, 6.07) is 8.65. The van der Waals surface area contributed by atoms with Gasteiger partial charge in [0.15, 0.2) is 0 Å². The third kappa shape index (κ3) is 4.17. The Morgan fingerprint density at radius 2 is 1.73 bits per heavy atom. The molecule has 0 spiro atoms. The lowest BCUT2D eigenvalue weighted by Gasteiger charge is -2.14. The van der Waals surface area contributed by atoms with Gasteiger partial charge in [-0.1, -0.05) is 26.7 Å². The van der Waals surface area contributed by atoms with Crippen molar-refractivity contribution in [1.29, 1.82) is 0 Å². The fourth-order valence-electron chi connectivity index (χ4n) is 1.55. The molecule has 0 saturated heterocycles. The number of thioether (sulfide) groups is 1. The third-order valence-electron chi connectivity index (χ3n) is 2.84. The molecular formula is C13H21NS. The number of benzene rings is 1. The van der Waals surface area contributed by atoms with E-state index in [1.807, 2.05) is 0 Å². The van der Waals surface area contributed by atoms with E-state index in [9.17, 15) is 0 Å². The van der Waals surface area contributed by atoms with Crippen molar-refractivity contribution in [2.24, 2.45) is 5.92 Å². The van der Waals surface area contributed by atoms with E-state index in [0.29, 0.717) is 0 Å². The van der Waals surface area contributed by atoms with E-state index in [0.717, 1.165) is 12.5 Å². The predicted molar refractivity (Wildman–Crippen MR) is 70.8 cm³/mol. The molecule has 0 unspecified atom stereocenters. The summed E-state index contributed by atoms with van der Waals surface area (Å²) in [6.45, 7) is 5.60. The predicted octanol–water partition coefficient (Wildman–Crippen LogP) is 4.26. The molecule has 1 nitrogen and oxygen atoms in total. The smallest absolute Gasteiger partial charge is 0.0341 e. The van der Waals surface area contributed by atoms with Crippen LogP contribution in [0.4, 0.5) is 5.69 Å². The maximum Gasteiger partial charge on any atom is 0.0341 e. The van der Waals surface area contributed by atoms with Crippen LogP contribution in [0.2, 0.25) is 0 Å².